The molecule has 0 aliphatic carbocycles. The van der Waals surface area contributed by atoms with Gasteiger partial charge in [-0.15, -0.1) is 0 Å². The van der Waals surface area contributed by atoms with Gasteiger partial charge in [-0.3, -0.25) is 4.79 Å². The van der Waals surface area contributed by atoms with Gasteiger partial charge in [-0.1, -0.05) is 20.8 Å². The van der Waals surface area contributed by atoms with Crippen LogP contribution in [0.4, 0.5) is 5.69 Å². The largest absolute Gasteiger partial charge is 0.497 e. The molecule has 4 heteroatoms. The SMILES string of the molecule is CCC(C)(C)C(=O)Nc1cc(OC)ccc1Br. The fraction of sp³-hybridized carbons (Fsp3) is 0.462. The molecule has 17 heavy (non-hydrogen) atoms. The van der Waals surface area contributed by atoms with Crippen molar-refractivity contribution in [3.63, 3.8) is 0 Å². The Hall–Kier alpha value is -1.03. The van der Waals surface area contributed by atoms with Crippen molar-refractivity contribution in [3.8, 4) is 5.75 Å². The topological polar surface area (TPSA) is 38.3 Å². The lowest BCUT2D eigenvalue weighted by Crippen LogP contribution is -2.30. The van der Waals surface area contributed by atoms with Crippen LogP contribution in [0, 0.1) is 5.41 Å². The molecular formula is C13H18BrNO2. The zero-order valence-corrected chi connectivity index (χ0v) is 12.2. The van der Waals surface area contributed by atoms with E-state index in [4.69, 9.17) is 4.74 Å². The Labute approximate surface area is 111 Å². The number of carbonyl (C=O) groups is 1. The molecule has 0 saturated heterocycles. The summed E-state index contributed by atoms with van der Waals surface area (Å²) in [5.41, 5.74) is 0.360. The normalized spacial score (nSPS) is 11.1. The predicted octanol–water partition coefficient (Wildman–Crippen LogP) is 3.83. The summed E-state index contributed by atoms with van der Waals surface area (Å²) in [6.45, 7) is 5.85. The summed E-state index contributed by atoms with van der Waals surface area (Å²) < 4.78 is 5.98. The van der Waals surface area contributed by atoms with E-state index < -0.39 is 0 Å². The molecule has 1 amide bonds. The molecule has 0 spiro atoms. The number of ether oxygens (including phenoxy) is 1. The number of anilines is 1. The van der Waals surface area contributed by atoms with E-state index in [0.29, 0.717) is 0 Å². The number of methoxy groups -OCH3 is 1. The van der Waals surface area contributed by atoms with Crippen molar-refractivity contribution < 1.29 is 9.53 Å². The van der Waals surface area contributed by atoms with E-state index >= 15 is 0 Å². The Balaban J connectivity index is 2.91. The minimum Gasteiger partial charge on any atom is -0.497 e. The highest BCUT2D eigenvalue weighted by Gasteiger charge is 2.25. The van der Waals surface area contributed by atoms with Crippen molar-refractivity contribution >= 4 is 27.5 Å². The fourth-order valence-corrected chi connectivity index (χ4v) is 1.52. The Morgan fingerprint density at radius 1 is 1.47 bits per heavy atom. The molecule has 0 atom stereocenters. The lowest BCUT2D eigenvalue weighted by Gasteiger charge is -2.22. The average Bonchev–Trinajstić information content (AvgIpc) is 2.31. The molecule has 0 fully saturated rings. The molecule has 0 saturated carbocycles. The number of halogens is 1. The molecule has 0 unspecified atom stereocenters. The van der Waals surface area contributed by atoms with Crippen molar-refractivity contribution in [2.45, 2.75) is 27.2 Å². The molecular weight excluding hydrogens is 282 g/mol. The zero-order chi connectivity index (χ0) is 13.1. The molecule has 0 heterocycles. The second kappa shape index (κ2) is 5.54. The van der Waals surface area contributed by atoms with Gasteiger partial charge in [0.15, 0.2) is 0 Å². The Morgan fingerprint density at radius 2 is 2.12 bits per heavy atom. The molecule has 1 rings (SSSR count). The molecule has 0 radical (unpaired) electrons. The highest BCUT2D eigenvalue weighted by atomic mass is 79.9. The van der Waals surface area contributed by atoms with Gasteiger partial charge in [0.25, 0.3) is 0 Å². The maximum absolute atomic E-state index is 12.0. The minimum atomic E-state index is -0.373. The van der Waals surface area contributed by atoms with Gasteiger partial charge in [-0.05, 0) is 34.5 Å². The molecule has 3 nitrogen and oxygen atoms in total. The van der Waals surface area contributed by atoms with Crippen molar-refractivity contribution in [1.29, 1.82) is 0 Å². The van der Waals surface area contributed by atoms with Crippen molar-refractivity contribution in [1.82, 2.24) is 0 Å². The lowest BCUT2D eigenvalue weighted by atomic mass is 9.89. The first-order valence-electron chi connectivity index (χ1n) is 5.55. The molecule has 94 valence electrons. The van der Waals surface area contributed by atoms with Gasteiger partial charge in [0.1, 0.15) is 5.75 Å². The molecule has 1 aromatic rings. The van der Waals surface area contributed by atoms with Gasteiger partial charge < -0.3 is 10.1 Å². The fourth-order valence-electron chi connectivity index (χ4n) is 1.18. The van der Waals surface area contributed by atoms with Gasteiger partial charge in [-0.2, -0.15) is 0 Å². The third kappa shape index (κ3) is 3.46. The van der Waals surface area contributed by atoms with Crippen molar-refractivity contribution in [3.05, 3.63) is 22.7 Å². The van der Waals surface area contributed by atoms with Crippen LogP contribution >= 0.6 is 15.9 Å². The maximum Gasteiger partial charge on any atom is 0.230 e. The summed E-state index contributed by atoms with van der Waals surface area (Å²) in [5.74, 6) is 0.728. The molecule has 0 aliphatic rings. The second-order valence-corrected chi connectivity index (χ2v) is 5.39. The zero-order valence-electron chi connectivity index (χ0n) is 10.6. The minimum absolute atomic E-state index is 0.00829. The van der Waals surface area contributed by atoms with Crippen LogP contribution in [-0.2, 0) is 4.79 Å². The number of hydrogen-bond donors (Lipinski definition) is 1. The summed E-state index contributed by atoms with van der Waals surface area (Å²) in [6, 6.07) is 5.49. The predicted molar refractivity (Wildman–Crippen MR) is 73.4 cm³/mol. The van der Waals surface area contributed by atoms with Gasteiger partial charge in [0.2, 0.25) is 5.91 Å². The van der Waals surface area contributed by atoms with E-state index in [0.717, 1.165) is 22.3 Å². The number of nitrogens with one attached hydrogen (secondary N) is 1. The Bertz CT molecular complexity index is 416. The van der Waals surface area contributed by atoms with Crippen LogP contribution in [0.15, 0.2) is 22.7 Å². The van der Waals surface area contributed by atoms with E-state index in [1.54, 1.807) is 13.2 Å². The number of amides is 1. The van der Waals surface area contributed by atoms with Gasteiger partial charge in [-0.25, -0.2) is 0 Å². The standard InChI is InChI=1S/C13H18BrNO2/c1-5-13(2,3)12(16)15-11-8-9(17-4)6-7-10(11)14/h6-8H,5H2,1-4H3,(H,15,16). The third-order valence-corrected chi connectivity index (χ3v) is 3.61. The van der Waals surface area contributed by atoms with E-state index in [1.807, 2.05) is 32.9 Å². The first kappa shape index (κ1) is 14.0. The van der Waals surface area contributed by atoms with E-state index in [2.05, 4.69) is 21.2 Å². The quantitative estimate of drug-likeness (QED) is 0.917. The number of benzene rings is 1. The summed E-state index contributed by atoms with van der Waals surface area (Å²) in [5, 5.41) is 2.91. The van der Waals surface area contributed by atoms with Gasteiger partial charge in [0, 0.05) is 16.0 Å². The molecule has 0 aromatic heterocycles. The maximum atomic E-state index is 12.0. The second-order valence-electron chi connectivity index (χ2n) is 4.54. The Morgan fingerprint density at radius 3 is 2.65 bits per heavy atom. The van der Waals surface area contributed by atoms with Crippen molar-refractivity contribution in [2.75, 3.05) is 12.4 Å². The highest BCUT2D eigenvalue weighted by molar-refractivity contribution is 9.10. The van der Waals surface area contributed by atoms with Crippen LogP contribution in [0.1, 0.15) is 27.2 Å². The van der Waals surface area contributed by atoms with Gasteiger partial charge in [0.05, 0.1) is 12.8 Å². The third-order valence-electron chi connectivity index (χ3n) is 2.92. The van der Waals surface area contributed by atoms with E-state index in [-0.39, 0.29) is 11.3 Å². The smallest absolute Gasteiger partial charge is 0.230 e. The average molecular weight is 300 g/mol. The molecule has 0 aliphatic heterocycles. The first-order valence-corrected chi connectivity index (χ1v) is 6.35. The molecule has 1 aromatic carbocycles. The van der Waals surface area contributed by atoms with Crippen molar-refractivity contribution in [2.24, 2.45) is 5.41 Å². The summed E-state index contributed by atoms with van der Waals surface area (Å²) in [7, 11) is 1.60. The van der Waals surface area contributed by atoms with Crippen LogP contribution in [0.25, 0.3) is 0 Å². The summed E-state index contributed by atoms with van der Waals surface area (Å²) >= 11 is 3.41. The highest BCUT2D eigenvalue weighted by Crippen LogP contribution is 2.29. The number of hydrogen-bond acceptors (Lipinski definition) is 2. The first-order chi connectivity index (χ1) is 7.90. The number of rotatable bonds is 4. The van der Waals surface area contributed by atoms with Crippen LogP contribution in [-0.4, -0.2) is 13.0 Å². The van der Waals surface area contributed by atoms with Crippen LogP contribution < -0.4 is 10.1 Å². The summed E-state index contributed by atoms with van der Waals surface area (Å²) in [4.78, 5) is 12.0. The molecule has 0 bridgehead atoms. The van der Waals surface area contributed by atoms with Crippen LogP contribution in [0.3, 0.4) is 0 Å². The summed E-state index contributed by atoms with van der Waals surface area (Å²) in [6.07, 6.45) is 0.792. The van der Waals surface area contributed by atoms with Crippen LogP contribution in [0.2, 0.25) is 0 Å². The number of carbonyl (C=O) groups excluding carboxylic acids is 1. The van der Waals surface area contributed by atoms with E-state index in [1.165, 1.54) is 0 Å². The lowest BCUT2D eigenvalue weighted by molar-refractivity contribution is -0.124. The monoisotopic (exact) mass is 299 g/mol. The van der Waals surface area contributed by atoms with E-state index in [9.17, 15) is 4.79 Å². The Kier molecular flexibility index (Phi) is 4.57. The van der Waals surface area contributed by atoms with Gasteiger partial charge >= 0.3 is 0 Å². The van der Waals surface area contributed by atoms with Crippen LogP contribution in [0.5, 0.6) is 5.75 Å². The molecule has 1 N–H and O–H groups in total.